The van der Waals surface area contributed by atoms with E-state index in [4.69, 9.17) is 16.9 Å². The van der Waals surface area contributed by atoms with Crippen LogP contribution in [0.1, 0.15) is 12.0 Å². The number of hydrogen-bond acceptors (Lipinski definition) is 3. The minimum Gasteiger partial charge on any atom is -0.344 e. The van der Waals surface area contributed by atoms with Crippen LogP contribution < -0.4 is 0 Å². The third kappa shape index (κ3) is 5.73. The van der Waals surface area contributed by atoms with Gasteiger partial charge in [0.2, 0.25) is 5.91 Å². The van der Waals surface area contributed by atoms with Crippen LogP contribution in [0.25, 0.3) is 0 Å². The van der Waals surface area contributed by atoms with Crippen LogP contribution in [0.15, 0.2) is 24.3 Å². The number of carbonyl (C=O) groups excluding carboxylic acids is 1. The molecule has 0 saturated heterocycles. The molecule has 0 aromatic heterocycles. The van der Waals surface area contributed by atoms with Crippen molar-refractivity contribution in [1.29, 1.82) is 5.26 Å². The summed E-state index contributed by atoms with van der Waals surface area (Å²) in [7, 11) is 3.61. The van der Waals surface area contributed by atoms with E-state index in [9.17, 15) is 4.79 Å². The third-order valence-electron chi connectivity index (χ3n) is 2.76. The standard InChI is InChI=1S/C14H18ClN3O/c1-17(10-12-4-6-13(15)7-5-12)11-14(19)18(2)9-3-8-16/h4-7H,3,9-11H2,1-2H3. The number of rotatable bonds is 6. The maximum Gasteiger partial charge on any atom is 0.236 e. The second kappa shape index (κ2) is 7.78. The number of halogens is 1. The molecule has 1 amide bonds. The van der Waals surface area contributed by atoms with Gasteiger partial charge in [-0.3, -0.25) is 9.69 Å². The van der Waals surface area contributed by atoms with Crippen molar-refractivity contribution in [3.05, 3.63) is 34.9 Å². The van der Waals surface area contributed by atoms with Gasteiger partial charge in [0, 0.05) is 25.2 Å². The van der Waals surface area contributed by atoms with Gasteiger partial charge in [0.1, 0.15) is 0 Å². The van der Waals surface area contributed by atoms with Crippen LogP contribution >= 0.6 is 11.6 Å². The SMILES string of the molecule is CN(CC(=O)N(C)CCC#N)Cc1ccc(Cl)cc1. The van der Waals surface area contributed by atoms with Gasteiger partial charge in [0.05, 0.1) is 19.0 Å². The molecule has 0 aliphatic rings. The lowest BCUT2D eigenvalue weighted by Crippen LogP contribution is -2.36. The molecule has 0 N–H and O–H groups in total. The van der Waals surface area contributed by atoms with Crippen LogP contribution in [0.2, 0.25) is 5.02 Å². The third-order valence-corrected chi connectivity index (χ3v) is 3.01. The van der Waals surface area contributed by atoms with Gasteiger partial charge >= 0.3 is 0 Å². The fraction of sp³-hybridized carbons (Fsp3) is 0.429. The molecular weight excluding hydrogens is 262 g/mol. The molecule has 0 saturated carbocycles. The van der Waals surface area contributed by atoms with E-state index in [1.807, 2.05) is 42.3 Å². The summed E-state index contributed by atoms with van der Waals surface area (Å²) in [6.07, 6.45) is 0.364. The average Bonchev–Trinajstić information content (AvgIpc) is 2.38. The monoisotopic (exact) mass is 279 g/mol. The minimum atomic E-state index is 0.0201. The molecule has 0 aliphatic carbocycles. The highest BCUT2D eigenvalue weighted by molar-refractivity contribution is 6.30. The van der Waals surface area contributed by atoms with Gasteiger partial charge in [-0.2, -0.15) is 5.26 Å². The van der Waals surface area contributed by atoms with Gasteiger partial charge in [-0.05, 0) is 24.7 Å². The molecule has 0 aliphatic heterocycles. The summed E-state index contributed by atoms with van der Waals surface area (Å²) >= 11 is 5.82. The van der Waals surface area contributed by atoms with Gasteiger partial charge in [-0.25, -0.2) is 0 Å². The quantitative estimate of drug-likeness (QED) is 0.802. The Morgan fingerprint density at radius 3 is 2.53 bits per heavy atom. The Bertz CT molecular complexity index is 453. The zero-order valence-corrected chi connectivity index (χ0v) is 12.0. The van der Waals surface area contributed by atoms with Gasteiger partial charge in [0.15, 0.2) is 0 Å². The summed E-state index contributed by atoms with van der Waals surface area (Å²) in [6.45, 7) is 1.50. The highest BCUT2D eigenvalue weighted by Crippen LogP contribution is 2.10. The second-order valence-corrected chi connectivity index (χ2v) is 4.96. The Labute approximate surface area is 119 Å². The van der Waals surface area contributed by atoms with Crippen molar-refractivity contribution in [3.8, 4) is 6.07 Å². The van der Waals surface area contributed by atoms with Crippen molar-refractivity contribution in [2.75, 3.05) is 27.2 Å². The number of nitriles is 1. The Morgan fingerprint density at radius 1 is 1.32 bits per heavy atom. The van der Waals surface area contributed by atoms with E-state index in [-0.39, 0.29) is 5.91 Å². The molecule has 0 atom stereocenters. The molecule has 5 heteroatoms. The molecule has 1 aromatic rings. The van der Waals surface area contributed by atoms with Crippen LogP contribution in [-0.2, 0) is 11.3 Å². The Balaban J connectivity index is 2.42. The van der Waals surface area contributed by atoms with Crippen LogP contribution in [0, 0.1) is 11.3 Å². The number of amides is 1. The van der Waals surface area contributed by atoms with Crippen molar-refractivity contribution in [3.63, 3.8) is 0 Å². The zero-order chi connectivity index (χ0) is 14.3. The summed E-state index contributed by atoms with van der Waals surface area (Å²) in [5.74, 6) is 0.0201. The Hall–Kier alpha value is -1.57. The van der Waals surface area contributed by atoms with Gasteiger partial charge < -0.3 is 4.90 Å². The van der Waals surface area contributed by atoms with Crippen LogP contribution in [0.3, 0.4) is 0 Å². The minimum absolute atomic E-state index is 0.0201. The molecule has 4 nitrogen and oxygen atoms in total. The highest BCUT2D eigenvalue weighted by Gasteiger charge is 2.11. The van der Waals surface area contributed by atoms with E-state index < -0.39 is 0 Å². The summed E-state index contributed by atoms with van der Waals surface area (Å²) in [6, 6.07) is 9.60. The lowest BCUT2D eigenvalue weighted by Gasteiger charge is -2.21. The first-order valence-corrected chi connectivity index (χ1v) is 6.44. The van der Waals surface area contributed by atoms with Crippen molar-refractivity contribution in [2.24, 2.45) is 0 Å². The number of carbonyl (C=O) groups is 1. The first kappa shape index (κ1) is 15.5. The smallest absolute Gasteiger partial charge is 0.236 e. The number of likely N-dealkylation sites (N-methyl/N-ethyl adjacent to an activating group) is 2. The van der Waals surface area contributed by atoms with E-state index in [0.717, 1.165) is 5.56 Å². The number of benzene rings is 1. The predicted molar refractivity (Wildman–Crippen MR) is 75.7 cm³/mol. The maximum atomic E-state index is 11.9. The lowest BCUT2D eigenvalue weighted by atomic mass is 10.2. The Kier molecular flexibility index (Phi) is 6.34. The molecule has 0 bridgehead atoms. The largest absolute Gasteiger partial charge is 0.344 e. The molecule has 0 radical (unpaired) electrons. The fourth-order valence-electron chi connectivity index (χ4n) is 1.65. The van der Waals surface area contributed by atoms with Crippen molar-refractivity contribution in [1.82, 2.24) is 9.80 Å². The summed E-state index contributed by atoms with van der Waals surface area (Å²) in [5, 5.41) is 9.19. The second-order valence-electron chi connectivity index (χ2n) is 4.52. The maximum absolute atomic E-state index is 11.9. The summed E-state index contributed by atoms with van der Waals surface area (Å²) < 4.78 is 0. The number of nitrogens with zero attached hydrogens (tertiary/aromatic N) is 3. The van der Waals surface area contributed by atoms with Crippen LogP contribution in [0.5, 0.6) is 0 Å². The first-order chi connectivity index (χ1) is 9.02. The molecule has 102 valence electrons. The normalized spacial score (nSPS) is 10.3. The molecule has 0 unspecified atom stereocenters. The molecular formula is C14H18ClN3O. The molecule has 0 heterocycles. The molecule has 19 heavy (non-hydrogen) atoms. The van der Waals surface area contributed by atoms with E-state index in [2.05, 4.69) is 0 Å². The summed E-state index contributed by atoms with van der Waals surface area (Å²) in [5.41, 5.74) is 1.11. The summed E-state index contributed by atoms with van der Waals surface area (Å²) in [4.78, 5) is 15.4. The average molecular weight is 280 g/mol. The van der Waals surface area contributed by atoms with Crippen molar-refractivity contribution < 1.29 is 4.79 Å². The zero-order valence-electron chi connectivity index (χ0n) is 11.3. The van der Waals surface area contributed by atoms with Gasteiger partial charge in [-0.1, -0.05) is 23.7 Å². The Morgan fingerprint density at radius 2 is 1.95 bits per heavy atom. The van der Waals surface area contributed by atoms with Crippen LogP contribution in [-0.4, -0.2) is 42.9 Å². The molecule has 1 aromatic carbocycles. The van der Waals surface area contributed by atoms with Gasteiger partial charge in [0.25, 0.3) is 0 Å². The number of hydrogen-bond donors (Lipinski definition) is 0. The highest BCUT2D eigenvalue weighted by atomic mass is 35.5. The fourth-order valence-corrected chi connectivity index (χ4v) is 1.78. The van der Waals surface area contributed by atoms with Crippen molar-refractivity contribution >= 4 is 17.5 Å². The van der Waals surface area contributed by atoms with Crippen molar-refractivity contribution in [2.45, 2.75) is 13.0 Å². The molecule has 0 spiro atoms. The van der Waals surface area contributed by atoms with E-state index in [1.165, 1.54) is 0 Å². The van der Waals surface area contributed by atoms with E-state index >= 15 is 0 Å². The first-order valence-electron chi connectivity index (χ1n) is 6.07. The lowest BCUT2D eigenvalue weighted by molar-refractivity contribution is -0.130. The van der Waals surface area contributed by atoms with Crippen LogP contribution in [0.4, 0.5) is 0 Å². The molecule has 0 fully saturated rings. The molecule has 1 rings (SSSR count). The topological polar surface area (TPSA) is 47.3 Å². The van der Waals surface area contributed by atoms with E-state index in [1.54, 1.807) is 11.9 Å². The van der Waals surface area contributed by atoms with Gasteiger partial charge in [-0.15, -0.1) is 0 Å². The predicted octanol–water partition coefficient (Wildman–Crippen LogP) is 2.14. The van der Waals surface area contributed by atoms with E-state index in [0.29, 0.717) is 31.1 Å².